The van der Waals surface area contributed by atoms with E-state index in [1.165, 1.54) is 0 Å². The lowest BCUT2D eigenvalue weighted by atomic mass is 10.0. The molecule has 1 atom stereocenters. The third-order valence-corrected chi connectivity index (χ3v) is 2.77. The summed E-state index contributed by atoms with van der Waals surface area (Å²) in [6, 6.07) is 3.36. The van der Waals surface area contributed by atoms with Crippen LogP contribution in [0.4, 0.5) is 5.69 Å². The van der Waals surface area contributed by atoms with E-state index < -0.39 is 18.0 Å². The summed E-state index contributed by atoms with van der Waals surface area (Å²) in [6.07, 6.45) is -0.555. The molecule has 0 bridgehead atoms. The normalized spacial score (nSPS) is 11.9. The Morgan fingerprint density at radius 1 is 1.28 bits per heavy atom. The van der Waals surface area contributed by atoms with Crippen molar-refractivity contribution in [2.24, 2.45) is 5.73 Å². The summed E-state index contributed by atoms with van der Waals surface area (Å²) in [5.41, 5.74) is 13.4. The van der Waals surface area contributed by atoms with Crippen LogP contribution in [-0.4, -0.2) is 18.0 Å². The molecule has 1 amide bonds. The monoisotopic (exact) mass is 250 g/mol. The Morgan fingerprint density at radius 2 is 1.89 bits per heavy atom. The Bertz CT molecular complexity index is 483. The standard InChI is InChI=1S/C13H18N2O3/c1-4-11(12(15)16)18-13(17)9-6-10(14)8(3)5-7(9)2/h5-6,11H,4,14H2,1-3H3,(H2,15,16). The number of nitrogen functional groups attached to an aromatic ring is 1. The summed E-state index contributed by atoms with van der Waals surface area (Å²) in [5.74, 6) is -1.23. The third-order valence-electron chi connectivity index (χ3n) is 2.77. The van der Waals surface area contributed by atoms with Crippen molar-refractivity contribution in [2.75, 3.05) is 5.73 Å². The minimum absolute atomic E-state index is 0.349. The summed E-state index contributed by atoms with van der Waals surface area (Å²) in [7, 11) is 0. The molecule has 0 heterocycles. The van der Waals surface area contributed by atoms with E-state index in [1.54, 1.807) is 26.0 Å². The number of amides is 1. The highest BCUT2D eigenvalue weighted by atomic mass is 16.5. The number of benzene rings is 1. The molecule has 5 heteroatoms. The Labute approximate surface area is 106 Å². The van der Waals surface area contributed by atoms with Crippen LogP contribution in [0.15, 0.2) is 12.1 Å². The van der Waals surface area contributed by atoms with Crippen LogP contribution in [0.25, 0.3) is 0 Å². The molecule has 98 valence electrons. The van der Waals surface area contributed by atoms with Gasteiger partial charge in [0.1, 0.15) is 0 Å². The van der Waals surface area contributed by atoms with Crippen molar-refractivity contribution in [2.45, 2.75) is 33.3 Å². The van der Waals surface area contributed by atoms with Gasteiger partial charge >= 0.3 is 5.97 Å². The molecule has 0 aliphatic rings. The van der Waals surface area contributed by atoms with Crippen molar-refractivity contribution < 1.29 is 14.3 Å². The summed E-state index contributed by atoms with van der Waals surface area (Å²) in [4.78, 5) is 22.9. The second-order valence-corrected chi connectivity index (χ2v) is 4.23. The molecule has 0 aliphatic carbocycles. The number of ether oxygens (including phenoxy) is 1. The predicted octanol–water partition coefficient (Wildman–Crippen LogP) is 1.31. The molecule has 5 nitrogen and oxygen atoms in total. The van der Waals surface area contributed by atoms with Crippen LogP contribution in [0.3, 0.4) is 0 Å². The molecule has 0 radical (unpaired) electrons. The van der Waals surface area contributed by atoms with Gasteiger partial charge in [0, 0.05) is 5.69 Å². The fraction of sp³-hybridized carbons (Fsp3) is 0.385. The van der Waals surface area contributed by atoms with Crippen LogP contribution in [0.2, 0.25) is 0 Å². The number of aryl methyl sites for hydroxylation is 2. The van der Waals surface area contributed by atoms with Gasteiger partial charge in [-0.25, -0.2) is 4.79 Å². The van der Waals surface area contributed by atoms with E-state index in [4.69, 9.17) is 16.2 Å². The second kappa shape index (κ2) is 5.53. The van der Waals surface area contributed by atoms with Gasteiger partial charge in [0.05, 0.1) is 5.56 Å². The summed E-state index contributed by atoms with van der Waals surface area (Å²) in [6.45, 7) is 5.36. The smallest absolute Gasteiger partial charge is 0.339 e. The lowest BCUT2D eigenvalue weighted by molar-refractivity contribution is -0.126. The number of primary amides is 1. The van der Waals surface area contributed by atoms with Crippen LogP contribution in [-0.2, 0) is 9.53 Å². The highest BCUT2D eigenvalue weighted by molar-refractivity contribution is 5.94. The van der Waals surface area contributed by atoms with Gasteiger partial charge in [-0.05, 0) is 37.5 Å². The van der Waals surface area contributed by atoms with Gasteiger partial charge in [0.25, 0.3) is 5.91 Å². The molecule has 4 N–H and O–H groups in total. The quantitative estimate of drug-likeness (QED) is 0.622. The summed E-state index contributed by atoms with van der Waals surface area (Å²) < 4.78 is 5.05. The van der Waals surface area contributed by atoms with E-state index in [2.05, 4.69) is 0 Å². The molecule has 0 saturated heterocycles. The zero-order chi connectivity index (χ0) is 13.9. The molecule has 0 aromatic heterocycles. The van der Waals surface area contributed by atoms with Gasteiger partial charge in [0.15, 0.2) is 6.10 Å². The largest absolute Gasteiger partial charge is 0.449 e. The SMILES string of the molecule is CCC(OC(=O)c1cc(N)c(C)cc1C)C(N)=O. The topological polar surface area (TPSA) is 95.4 Å². The highest BCUT2D eigenvalue weighted by Gasteiger charge is 2.20. The first-order valence-corrected chi connectivity index (χ1v) is 5.73. The van der Waals surface area contributed by atoms with Crippen molar-refractivity contribution in [1.82, 2.24) is 0 Å². The molecule has 1 aromatic carbocycles. The van der Waals surface area contributed by atoms with Crippen LogP contribution < -0.4 is 11.5 Å². The number of esters is 1. The first-order chi connectivity index (χ1) is 8.36. The Hall–Kier alpha value is -2.04. The average molecular weight is 250 g/mol. The number of hydrogen-bond donors (Lipinski definition) is 2. The number of carbonyl (C=O) groups excluding carboxylic acids is 2. The predicted molar refractivity (Wildman–Crippen MR) is 69.0 cm³/mol. The minimum Gasteiger partial charge on any atom is -0.449 e. The Balaban J connectivity index is 2.97. The van der Waals surface area contributed by atoms with E-state index in [1.807, 2.05) is 6.92 Å². The molecule has 1 unspecified atom stereocenters. The fourth-order valence-electron chi connectivity index (χ4n) is 1.62. The average Bonchev–Trinajstić information content (AvgIpc) is 2.29. The molecule has 1 aromatic rings. The van der Waals surface area contributed by atoms with Crippen molar-refractivity contribution in [3.63, 3.8) is 0 Å². The van der Waals surface area contributed by atoms with Gasteiger partial charge in [0.2, 0.25) is 0 Å². The zero-order valence-electron chi connectivity index (χ0n) is 10.8. The molecule has 0 aliphatic heterocycles. The first kappa shape index (κ1) is 14.0. The van der Waals surface area contributed by atoms with Crippen LogP contribution in [0, 0.1) is 13.8 Å². The van der Waals surface area contributed by atoms with E-state index in [0.717, 1.165) is 11.1 Å². The van der Waals surface area contributed by atoms with Gasteiger partial charge in [-0.15, -0.1) is 0 Å². The summed E-state index contributed by atoms with van der Waals surface area (Å²) in [5, 5.41) is 0. The molecule has 0 fully saturated rings. The molecule has 1 rings (SSSR count). The van der Waals surface area contributed by atoms with Gasteiger partial charge in [-0.2, -0.15) is 0 Å². The van der Waals surface area contributed by atoms with Gasteiger partial charge in [-0.1, -0.05) is 13.0 Å². The van der Waals surface area contributed by atoms with E-state index in [9.17, 15) is 9.59 Å². The van der Waals surface area contributed by atoms with Crippen molar-refractivity contribution in [3.05, 3.63) is 28.8 Å². The number of nitrogens with two attached hydrogens (primary N) is 2. The molecule has 0 spiro atoms. The molecule has 18 heavy (non-hydrogen) atoms. The Morgan fingerprint density at radius 3 is 2.39 bits per heavy atom. The van der Waals surface area contributed by atoms with Crippen LogP contribution in [0.5, 0.6) is 0 Å². The molecular weight excluding hydrogens is 232 g/mol. The maximum absolute atomic E-state index is 11.9. The first-order valence-electron chi connectivity index (χ1n) is 5.73. The van der Waals surface area contributed by atoms with Gasteiger partial charge in [-0.3, -0.25) is 4.79 Å². The molecule has 0 saturated carbocycles. The number of rotatable bonds is 4. The summed E-state index contributed by atoms with van der Waals surface area (Å²) >= 11 is 0. The van der Waals surface area contributed by atoms with E-state index >= 15 is 0 Å². The van der Waals surface area contributed by atoms with Crippen molar-refractivity contribution in [3.8, 4) is 0 Å². The van der Waals surface area contributed by atoms with Crippen molar-refractivity contribution >= 4 is 17.6 Å². The minimum atomic E-state index is -0.903. The number of hydrogen-bond acceptors (Lipinski definition) is 4. The van der Waals surface area contributed by atoms with Crippen LogP contribution in [0.1, 0.15) is 34.8 Å². The van der Waals surface area contributed by atoms with E-state index in [-0.39, 0.29) is 0 Å². The second-order valence-electron chi connectivity index (χ2n) is 4.23. The highest BCUT2D eigenvalue weighted by Crippen LogP contribution is 2.19. The van der Waals surface area contributed by atoms with E-state index in [0.29, 0.717) is 17.7 Å². The fourth-order valence-corrected chi connectivity index (χ4v) is 1.62. The van der Waals surface area contributed by atoms with Gasteiger partial charge < -0.3 is 16.2 Å². The van der Waals surface area contributed by atoms with Crippen LogP contribution >= 0.6 is 0 Å². The maximum Gasteiger partial charge on any atom is 0.339 e. The van der Waals surface area contributed by atoms with Crippen molar-refractivity contribution in [1.29, 1.82) is 0 Å². The number of anilines is 1. The lowest BCUT2D eigenvalue weighted by Gasteiger charge is -2.14. The third kappa shape index (κ3) is 3.00. The number of carbonyl (C=O) groups is 2. The lowest BCUT2D eigenvalue weighted by Crippen LogP contribution is -2.32. The maximum atomic E-state index is 11.9. The Kier molecular flexibility index (Phi) is 4.31. The molecular formula is C13H18N2O3. The zero-order valence-corrected chi connectivity index (χ0v) is 10.8.